The molecule has 30 heavy (non-hydrogen) atoms. The van der Waals surface area contributed by atoms with Gasteiger partial charge in [-0.25, -0.2) is 0 Å². The van der Waals surface area contributed by atoms with E-state index in [9.17, 15) is 14.4 Å². The molecular weight excluding hydrogens is 382 g/mol. The third-order valence-electron chi connectivity index (χ3n) is 5.51. The Labute approximate surface area is 175 Å². The van der Waals surface area contributed by atoms with E-state index in [2.05, 4.69) is 0 Å². The van der Waals surface area contributed by atoms with Gasteiger partial charge in [-0.3, -0.25) is 14.4 Å². The van der Waals surface area contributed by atoms with Crippen molar-refractivity contribution in [3.63, 3.8) is 0 Å². The zero-order valence-corrected chi connectivity index (χ0v) is 16.8. The lowest BCUT2D eigenvalue weighted by molar-refractivity contribution is -0.157. The predicted octanol–water partition coefficient (Wildman–Crippen LogP) is 1.54. The van der Waals surface area contributed by atoms with Crippen molar-refractivity contribution < 1.29 is 19.1 Å². The number of nitrogens with zero attached hydrogens (tertiary/aromatic N) is 3. The van der Waals surface area contributed by atoms with Crippen LogP contribution in [0.25, 0.3) is 0 Å². The van der Waals surface area contributed by atoms with Gasteiger partial charge in [-0.05, 0) is 24.1 Å². The van der Waals surface area contributed by atoms with Crippen LogP contribution >= 0.6 is 0 Å². The number of hydrogen-bond donors (Lipinski definition) is 0. The minimum Gasteiger partial charge on any atom is -0.484 e. The molecule has 2 heterocycles. The molecule has 0 aliphatic carbocycles. The summed E-state index contributed by atoms with van der Waals surface area (Å²) in [7, 11) is 0. The Morgan fingerprint density at radius 2 is 1.67 bits per heavy atom. The molecule has 0 aromatic heterocycles. The second kappa shape index (κ2) is 8.98. The summed E-state index contributed by atoms with van der Waals surface area (Å²) >= 11 is 0. The number of piperazine rings is 1. The number of fused-ring (bicyclic) bond motifs is 1. The van der Waals surface area contributed by atoms with Crippen LogP contribution in [0.3, 0.4) is 0 Å². The Bertz CT molecular complexity index is 903. The Morgan fingerprint density at radius 3 is 2.40 bits per heavy atom. The van der Waals surface area contributed by atoms with Crippen LogP contribution in [0.2, 0.25) is 0 Å². The van der Waals surface area contributed by atoms with Gasteiger partial charge in [-0.1, -0.05) is 48.5 Å². The lowest BCUT2D eigenvalue weighted by Gasteiger charge is -2.40. The molecule has 4 rings (SSSR count). The molecule has 2 saturated heterocycles. The Kier molecular flexibility index (Phi) is 5.97. The molecule has 2 fully saturated rings. The summed E-state index contributed by atoms with van der Waals surface area (Å²) in [5.41, 5.74) is 0.977. The number of carbonyl (C=O) groups is 3. The van der Waals surface area contributed by atoms with Gasteiger partial charge in [0.25, 0.3) is 5.91 Å². The summed E-state index contributed by atoms with van der Waals surface area (Å²) in [5.74, 6) is 0.272. The first-order chi connectivity index (χ1) is 14.6. The molecule has 156 valence electrons. The summed E-state index contributed by atoms with van der Waals surface area (Å²) in [5, 5.41) is 0. The molecule has 2 aromatic rings. The van der Waals surface area contributed by atoms with Crippen molar-refractivity contribution in [1.82, 2.24) is 14.7 Å². The third kappa shape index (κ3) is 4.45. The van der Waals surface area contributed by atoms with Crippen molar-refractivity contribution in [2.24, 2.45) is 0 Å². The van der Waals surface area contributed by atoms with Crippen LogP contribution in [-0.4, -0.2) is 71.2 Å². The van der Waals surface area contributed by atoms with E-state index in [0.717, 1.165) is 5.56 Å². The zero-order valence-electron chi connectivity index (χ0n) is 16.8. The summed E-state index contributed by atoms with van der Waals surface area (Å²) in [4.78, 5) is 43.5. The number of benzene rings is 2. The van der Waals surface area contributed by atoms with E-state index < -0.39 is 6.04 Å². The van der Waals surface area contributed by atoms with Crippen LogP contribution in [0.5, 0.6) is 5.75 Å². The van der Waals surface area contributed by atoms with Gasteiger partial charge in [-0.15, -0.1) is 0 Å². The highest BCUT2D eigenvalue weighted by molar-refractivity contribution is 5.95. The van der Waals surface area contributed by atoms with Crippen LogP contribution in [0.1, 0.15) is 12.0 Å². The first kappa shape index (κ1) is 19.9. The van der Waals surface area contributed by atoms with Crippen molar-refractivity contribution in [3.8, 4) is 5.75 Å². The van der Waals surface area contributed by atoms with E-state index in [1.807, 2.05) is 48.5 Å². The maximum absolute atomic E-state index is 13.2. The first-order valence-corrected chi connectivity index (χ1v) is 10.2. The van der Waals surface area contributed by atoms with Crippen molar-refractivity contribution in [2.45, 2.75) is 19.0 Å². The highest BCUT2D eigenvalue weighted by Gasteiger charge is 2.42. The van der Waals surface area contributed by atoms with Gasteiger partial charge in [0.2, 0.25) is 11.8 Å². The van der Waals surface area contributed by atoms with Crippen LogP contribution in [0.15, 0.2) is 60.7 Å². The lowest BCUT2D eigenvalue weighted by Crippen LogP contribution is -2.61. The molecule has 1 atom stereocenters. The Balaban J connectivity index is 1.43. The van der Waals surface area contributed by atoms with Gasteiger partial charge >= 0.3 is 0 Å². The summed E-state index contributed by atoms with van der Waals surface area (Å²) in [6.45, 7) is 1.57. The topological polar surface area (TPSA) is 70.2 Å². The quantitative estimate of drug-likeness (QED) is 0.754. The van der Waals surface area contributed by atoms with Gasteiger partial charge in [-0.2, -0.15) is 0 Å². The minimum atomic E-state index is -0.641. The van der Waals surface area contributed by atoms with E-state index in [0.29, 0.717) is 31.8 Å². The maximum Gasteiger partial charge on any atom is 0.260 e. The van der Waals surface area contributed by atoms with Gasteiger partial charge < -0.3 is 19.4 Å². The van der Waals surface area contributed by atoms with Crippen LogP contribution in [0.4, 0.5) is 0 Å². The van der Waals surface area contributed by atoms with E-state index in [-0.39, 0.29) is 37.4 Å². The van der Waals surface area contributed by atoms with Gasteiger partial charge in [0.1, 0.15) is 18.3 Å². The smallest absolute Gasteiger partial charge is 0.260 e. The van der Waals surface area contributed by atoms with Crippen molar-refractivity contribution in [3.05, 3.63) is 66.2 Å². The molecule has 0 bridgehead atoms. The molecule has 7 nitrogen and oxygen atoms in total. The van der Waals surface area contributed by atoms with Crippen LogP contribution < -0.4 is 4.74 Å². The zero-order chi connectivity index (χ0) is 20.9. The second-order valence-corrected chi connectivity index (χ2v) is 7.58. The molecule has 0 N–H and O–H groups in total. The maximum atomic E-state index is 13.2. The molecule has 1 unspecified atom stereocenters. The largest absolute Gasteiger partial charge is 0.484 e. The lowest BCUT2D eigenvalue weighted by atomic mass is 10.1. The number of carbonyl (C=O) groups excluding carboxylic acids is 3. The van der Waals surface area contributed by atoms with E-state index in [1.165, 1.54) is 0 Å². The number of ether oxygens (including phenoxy) is 1. The molecule has 2 aromatic carbocycles. The summed E-state index contributed by atoms with van der Waals surface area (Å²) in [6.07, 6.45) is 0.644. The number of hydrogen-bond acceptors (Lipinski definition) is 4. The fourth-order valence-electron chi connectivity index (χ4n) is 3.96. The fraction of sp³-hybridized carbons (Fsp3) is 0.348. The Hall–Kier alpha value is -3.35. The van der Waals surface area contributed by atoms with Gasteiger partial charge in [0.05, 0.1) is 6.54 Å². The molecule has 2 aliphatic rings. The van der Waals surface area contributed by atoms with Crippen molar-refractivity contribution in [2.75, 3.05) is 32.8 Å². The normalized spacial score (nSPS) is 19.3. The van der Waals surface area contributed by atoms with E-state index >= 15 is 0 Å². The molecular formula is C23H25N3O4. The van der Waals surface area contributed by atoms with Crippen LogP contribution in [-0.2, 0) is 20.9 Å². The summed E-state index contributed by atoms with van der Waals surface area (Å²) < 4.78 is 5.58. The van der Waals surface area contributed by atoms with Crippen LogP contribution in [0, 0.1) is 0 Å². The molecule has 2 aliphatic heterocycles. The SMILES string of the molecule is O=C(COc1ccccc1)N1CCCN2C(=O)CN(Cc3ccccc3)C(=O)C2C1. The number of amides is 3. The van der Waals surface area contributed by atoms with E-state index in [1.54, 1.807) is 26.8 Å². The highest BCUT2D eigenvalue weighted by atomic mass is 16.5. The average Bonchev–Trinajstić information content (AvgIpc) is 3.01. The number of para-hydroxylation sites is 1. The summed E-state index contributed by atoms with van der Waals surface area (Å²) in [6, 6.07) is 18.1. The minimum absolute atomic E-state index is 0.0645. The Morgan fingerprint density at radius 1 is 0.967 bits per heavy atom. The highest BCUT2D eigenvalue weighted by Crippen LogP contribution is 2.20. The van der Waals surface area contributed by atoms with Crippen molar-refractivity contribution >= 4 is 17.7 Å². The molecule has 7 heteroatoms. The molecule has 0 saturated carbocycles. The van der Waals surface area contributed by atoms with Crippen molar-refractivity contribution in [1.29, 1.82) is 0 Å². The van der Waals surface area contributed by atoms with E-state index in [4.69, 9.17) is 4.74 Å². The second-order valence-electron chi connectivity index (χ2n) is 7.58. The molecule has 0 spiro atoms. The third-order valence-corrected chi connectivity index (χ3v) is 5.51. The standard InChI is InChI=1S/C23H25N3O4/c27-21-16-25(14-18-8-3-1-4-9-18)23(29)20-15-24(12-7-13-26(20)21)22(28)17-30-19-10-5-2-6-11-19/h1-6,8-11,20H,7,12-17H2. The fourth-order valence-corrected chi connectivity index (χ4v) is 3.96. The first-order valence-electron chi connectivity index (χ1n) is 10.2. The van der Waals surface area contributed by atoms with Gasteiger partial charge in [0.15, 0.2) is 6.61 Å². The predicted molar refractivity (Wildman–Crippen MR) is 110 cm³/mol. The molecule has 3 amide bonds. The monoisotopic (exact) mass is 407 g/mol. The van der Waals surface area contributed by atoms with Gasteiger partial charge in [0, 0.05) is 19.6 Å². The average molecular weight is 407 g/mol. The number of rotatable bonds is 5. The molecule has 0 radical (unpaired) electrons.